The number of aryl methyl sites for hydroxylation is 1. The molecule has 0 bridgehead atoms. The number of nitrogens with zero attached hydrogens (tertiary/aromatic N) is 2. The molecule has 1 aromatic carbocycles. The molecule has 0 unspecified atom stereocenters. The Morgan fingerprint density at radius 1 is 1.20 bits per heavy atom. The van der Waals surface area contributed by atoms with Gasteiger partial charge < -0.3 is 15.4 Å². The van der Waals surface area contributed by atoms with E-state index in [2.05, 4.69) is 28.9 Å². The molecule has 20 heavy (non-hydrogen) atoms. The Labute approximate surface area is 120 Å². The van der Waals surface area contributed by atoms with Crippen molar-refractivity contribution in [1.29, 1.82) is 0 Å². The van der Waals surface area contributed by atoms with E-state index in [1.807, 2.05) is 24.3 Å². The largest absolute Gasteiger partial charge is 0.493 e. The van der Waals surface area contributed by atoms with Crippen molar-refractivity contribution < 1.29 is 4.74 Å². The van der Waals surface area contributed by atoms with Gasteiger partial charge in [0.15, 0.2) is 11.6 Å². The second kappa shape index (κ2) is 6.91. The molecule has 106 valence electrons. The van der Waals surface area contributed by atoms with Gasteiger partial charge in [-0.25, -0.2) is 4.98 Å². The average molecular weight is 271 g/mol. The van der Waals surface area contributed by atoms with E-state index in [1.165, 1.54) is 5.56 Å². The summed E-state index contributed by atoms with van der Waals surface area (Å²) in [4.78, 5) is 6.65. The molecule has 4 nitrogen and oxygen atoms in total. The molecule has 1 aromatic heterocycles. The van der Waals surface area contributed by atoms with E-state index in [0.717, 1.165) is 30.2 Å². The Balaban J connectivity index is 2.44. The molecule has 0 aliphatic rings. The van der Waals surface area contributed by atoms with Crippen LogP contribution in [0, 0.1) is 6.92 Å². The standard InChI is InChI=1S/C16H21N3O/c1-13-7-3-4-8-14(13)19(12-6-10-17)16-15(20-2)9-5-11-18-16/h3-5,7-9,11H,6,10,12,17H2,1-2H3. The van der Waals surface area contributed by atoms with Crippen LogP contribution in [0.1, 0.15) is 12.0 Å². The third-order valence-corrected chi connectivity index (χ3v) is 3.22. The Kier molecular flexibility index (Phi) is 4.96. The number of para-hydroxylation sites is 1. The second-order valence-corrected chi connectivity index (χ2v) is 4.61. The maximum Gasteiger partial charge on any atom is 0.175 e. The number of anilines is 2. The minimum atomic E-state index is 0.650. The van der Waals surface area contributed by atoms with Crippen LogP contribution in [0.3, 0.4) is 0 Å². The topological polar surface area (TPSA) is 51.4 Å². The Morgan fingerprint density at radius 3 is 2.70 bits per heavy atom. The molecule has 0 amide bonds. The first kappa shape index (κ1) is 14.3. The Hall–Kier alpha value is -2.07. The third kappa shape index (κ3) is 3.08. The fourth-order valence-corrected chi connectivity index (χ4v) is 2.20. The minimum Gasteiger partial charge on any atom is -0.493 e. The lowest BCUT2D eigenvalue weighted by molar-refractivity contribution is 0.413. The van der Waals surface area contributed by atoms with Crippen molar-refractivity contribution in [2.24, 2.45) is 5.73 Å². The minimum absolute atomic E-state index is 0.650. The quantitative estimate of drug-likeness (QED) is 0.877. The summed E-state index contributed by atoms with van der Waals surface area (Å²) in [7, 11) is 1.67. The Morgan fingerprint density at radius 2 is 2.00 bits per heavy atom. The zero-order chi connectivity index (χ0) is 14.4. The zero-order valence-electron chi connectivity index (χ0n) is 12.0. The van der Waals surface area contributed by atoms with Crippen LogP contribution in [-0.2, 0) is 0 Å². The Bertz CT molecular complexity index is 557. The van der Waals surface area contributed by atoms with Crippen LogP contribution in [0.2, 0.25) is 0 Å². The maximum absolute atomic E-state index is 5.66. The molecule has 2 aromatic rings. The third-order valence-electron chi connectivity index (χ3n) is 3.22. The summed E-state index contributed by atoms with van der Waals surface area (Å²) in [5.41, 5.74) is 8.01. The van der Waals surface area contributed by atoms with Crippen molar-refractivity contribution in [2.45, 2.75) is 13.3 Å². The summed E-state index contributed by atoms with van der Waals surface area (Å²) in [6.45, 7) is 3.56. The van der Waals surface area contributed by atoms with Crippen LogP contribution in [0.15, 0.2) is 42.6 Å². The predicted molar refractivity (Wildman–Crippen MR) is 82.6 cm³/mol. The summed E-state index contributed by atoms with van der Waals surface area (Å²) in [6.07, 6.45) is 2.68. The number of benzene rings is 1. The van der Waals surface area contributed by atoms with Crippen molar-refractivity contribution in [2.75, 3.05) is 25.1 Å². The van der Waals surface area contributed by atoms with Crippen LogP contribution < -0.4 is 15.4 Å². The highest BCUT2D eigenvalue weighted by Crippen LogP contribution is 2.33. The molecular formula is C16H21N3O. The molecule has 0 radical (unpaired) electrons. The molecule has 1 heterocycles. The molecule has 0 fully saturated rings. The fourth-order valence-electron chi connectivity index (χ4n) is 2.20. The molecule has 0 spiro atoms. The summed E-state index contributed by atoms with van der Waals surface area (Å²) >= 11 is 0. The van der Waals surface area contributed by atoms with Gasteiger partial charge in [0.05, 0.1) is 7.11 Å². The van der Waals surface area contributed by atoms with Gasteiger partial charge in [0, 0.05) is 18.4 Å². The highest BCUT2D eigenvalue weighted by Gasteiger charge is 2.16. The maximum atomic E-state index is 5.66. The van der Waals surface area contributed by atoms with Gasteiger partial charge in [-0.15, -0.1) is 0 Å². The van der Waals surface area contributed by atoms with Gasteiger partial charge in [0.1, 0.15) is 0 Å². The van der Waals surface area contributed by atoms with Crippen LogP contribution >= 0.6 is 0 Å². The van der Waals surface area contributed by atoms with Gasteiger partial charge in [-0.1, -0.05) is 18.2 Å². The van der Waals surface area contributed by atoms with E-state index in [1.54, 1.807) is 13.3 Å². The number of aromatic nitrogens is 1. The highest BCUT2D eigenvalue weighted by atomic mass is 16.5. The molecular weight excluding hydrogens is 250 g/mol. The first-order chi connectivity index (χ1) is 9.77. The van der Waals surface area contributed by atoms with Gasteiger partial charge in [-0.2, -0.15) is 0 Å². The normalized spacial score (nSPS) is 10.3. The fraction of sp³-hybridized carbons (Fsp3) is 0.312. The van der Waals surface area contributed by atoms with Crippen molar-refractivity contribution in [3.05, 3.63) is 48.2 Å². The first-order valence-corrected chi connectivity index (χ1v) is 6.80. The lowest BCUT2D eigenvalue weighted by atomic mass is 10.1. The van der Waals surface area contributed by atoms with E-state index in [-0.39, 0.29) is 0 Å². The van der Waals surface area contributed by atoms with Gasteiger partial charge in [0.25, 0.3) is 0 Å². The van der Waals surface area contributed by atoms with Crippen LogP contribution in [0.5, 0.6) is 5.75 Å². The summed E-state index contributed by atoms with van der Waals surface area (Å²) in [5, 5.41) is 0. The van der Waals surface area contributed by atoms with Gasteiger partial charge in [0.2, 0.25) is 0 Å². The molecule has 4 heteroatoms. The molecule has 0 saturated heterocycles. The summed E-state index contributed by atoms with van der Waals surface area (Å²) in [5.74, 6) is 1.60. The summed E-state index contributed by atoms with van der Waals surface area (Å²) in [6, 6.07) is 12.1. The van der Waals surface area contributed by atoms with Crippen molar-refractivity contribution in [3.63, 3.8) is 0 Å². The second-order valence-electron chi connectivity index (χ2n) is 4.61. The molecule has 0 aliphatic heterocycles. The number of pyridine rings is 1. The number of rotatable bonds is 6. The van der Waals surface area contributed by atoms with E-state index in [0.29, 0.717) is 6.54 Å². The van der Waals surface area contributed by atoms with Crippen LogP contribution in [0.25, 0.3) is 0 Å². The van der Waals surface area contributed by atoms with E-state index in [4.69, 9.17) is 10.5 Å². The number of hydrogen-bond donors (Lipinski definition) is 1. The molecule has 0 aliphatic carbocycles. The molecule has 0 saturated carbocycles. The van der Waals surface area contributed by atoms with Gasteiger partial charge >= 0.3 is 0 Å². The van der Waals surface area contributed by atoms with E-state index < -0.39 is 0 Å². The number of methoxy groups -OCH3 is 1. The van der Waals surface area contributed by atoms with Crippen LogP contribution in [0.4, 0.5) is 11.5 Å². The highest BCUT2D eigenvalue weighted by molar-refractivity contribution is 5.67. The predicted octanol–water partition coefficient (Wildman–Crippen LogP) is 2.89. The van der Waals surface area contributed by atoms with E-state index >= 15 is 0 Å². The van der Waals surface area contributed by atoms with Gasteiger partial charge in [-0.05, 0) is 43.7 Å². The smallest absolute Gasteiger partial charge is 0.175 e. The lowest BCUT2D eigenvalue weighted by Gasteiger charge is -2.26. The number of ether oxygens (including phenoxy) is 1. The first-order valence-electron chi connectivity index (χ1n) is 6.80. The average Bonchev–Trinajstić information content (AvgIpc) is 2.49. The molecule has 2 N–H and O–H groups in total. The van der Waals surface area contributed by atoms with Crippen molar-refractivity contribution >= 4 is 11.5 Å². The monoisotopic (exact) mass is 271 g/mol. The number of nitrogens with two attached hydrogens (primary N) is 1. The summed E-state index contributed by atoms with van der Waals surface area (Å²) < 4.78 is 5.43. The zero-order valence-corrected chi connectivity index (χ0v) is 12.0. The SMILES string of the molecule is COc1cccnc1N(CCCN)c1ccccc1C. The molecule has 2 rings (SSSR count). The lowest BCUT2D eigenvalue weighted by Crippen LogP contribution is -2.23. The van der Waals surface area contributed by atoms with Gasteiger partial charge in [-0.3, -0.25) is 0 Å². The van der Waals surface area contributed by atoms with Crippen LogP contribution in [-0.4, -0.2) is 25.2 Å². The number of hydrogen-bond acceptors (Lipinski definition) is 4. The molecule has 0 atom stereocenters. The van der Waals surface area contributed by atoms with E-state index in [9.17, 15) is 0 Å². The van der Waals surface area contributed by atoms with Crippen molar-refractivity contribution in [1.82, 2.24) is 4.98 Å². The van der Waals surface area contributed by atoms with Crippen molar-refractivity contribution in [3.8, 4) is 5.75 Å².